The van der Waals surface area contributed by atoms with Crippen LogP contribution in [0.2, 0.25) is 0 Å². The first-order chi connectivity index (χ1) is 8.03. The Labute approximate surface area is 105 Å². The average molecular weight is 235 g/mol. The minimum absolute atomic E-state index is 0.281. The third-order valence-electron chi connectivity index (χ3n) is 2.89. The third-order valence-corrected chi connectivity index (χ3v) is 2.89. The summed E-state index contributed by atoms with van der Waals surface area (Å²) in [5.74, 6) is 0. The van der Waals surface area contributed by atoms with Gasteiger partial charge in [0.2, 0.25) is 0 Å². The van der Waals surface area contributed by atoms with Crippen LogP contribution in [0.4, 0.5) is 0 Å². The molecule has 0 aliphatic carbocycles. The van der Waals surface area contributed by atoms with Crippen LogP contribution in [0.3, 0.4) is 0 Å². The third kappa shape index (κ3) is 5.85. The van der Waals surface area contributed by atoms with Crippen LogP contribution in [0.25, 0.3) is 0 Å². The summed E-state index contributed by atoms with van der Waals surface area (Å²) in [6, 6.07) is 8.83. The summed E-state index contributed by atoms with van der Waals surface area (Å²) in [6.07, 6.45) is 1.10. The van der Waals surface area contributed by atoms with Crippen molar-refractivity contribution in [3.8, 4) is 0 Å². The van der Waals surface area contributed by atoms with Crippen molar-refractivity contribution in [3.05, 3.63) is 35.4 Å². The predicted molar refractivity (Wildman–Crippen MR) is 73.4 cm³/mol. The lowest BCUT2D eigenvalue weighted by atomic mass is 9.85. The Bertz CT molecular complexity index is 316. The SMILES string of the molecule is COCCNCC(C)(C)Cc1ccc(C)cc1. The quantitative estimate of drug-likeness (QED) is 0.734. The highest BCUT2D eigenvalue weighted by Gasteiger charge is 2.17. The predicted octanol–water partition coefficient (Wildman–Crippen LogP) is 2.80. The molecule has 1 aromatic carbocycles. The van der Waals surface area contributed by atoms with Gasteiger partial charge in [-0.3, -0.25) is 0 Å². The Morgan fingerprint density at radius 3 is 2.41 bits per heavy atom. The van der Waals surface area contributed by atoms with E-state index in [0.29, 0.717) is 0 Å². The second kappa shape index (κ2) is 6.77. The van der Waals surface area contributed by atoms with Gasteiger partial charge in [-0.1, -0.05) is 43.7 Å². The van der Waals surface area contributed by atoms with E-state index in [0.717, 1.165) is 26.1 Å². The highest BCUT2D eigenvalue weighted by molar-refractivity contribution is 5.22. The molecule has 0 heterocycles. The second-order valence-electron chi connectivity index (χ2n) is 5.50. The zero-order chi connectivity index (χ0) is 12.7. The Morgan fingerprint density at radius 2 is 1.82 bits per heavy atom. The van der Waals surface area contributed by atoms with Crippen LogP contribution in [0.5, 0.6) is 0 Å². The van der Waals surface area contributed by atoms with Crippen LogP contribution in [0, 0.1) is 12.3 Å². The van der Waals surface area contributed by atoms with E-state index in [2.05, 4.69) is 50.4 Å². The Hall–Kier alpha value is -0.860. The largest absolute Gasteiger partial charge is 0.383 e. The molecule has 1 rings (SSSR count). The van der Waals surface area contributed by atoms with Crippen LogP contribution in [-0.2, 0) is 11.2 Å². The van der Waals surface area contributed by atoms with Gasteiger partial charge >= 0.3 is 0 Å². The van der Waals surface area contributed by atoms with Gasteiger partial charge in [0.15, 0.2) is 0 Å². The van der Waals surface area contributed by atoms with Crippen molar-refractivity contribution >= 4 is 0 Å². The average Bonchev–Trinajstić information content (AvgIpc) is 2.27. The number of rotatable bonds is 7. The molecule has 0 saturated heterocycles. The van der Waals surface area contributed by atoms with Crippen molar-refractivity contribution in [2.75, 3.05) is 26.8 Å². The number of methoxy groups -OCH3 is 1. The first-order valence-electron chi connectivity index (χ1n) is 6.29. The smallest absolute Gasteiger partial charge is 0.0587 e. The number of nitrogens with one attached hydrogen (secondary N) is 1. The molecule has 0 aliphatic rings. The molecule has 0 aromatic heterocycles. The molecule has 1 aromatic rings. The summed E-state index contributed by atoms with van der Waals surface area (Å²) in [5.41, 5.74) is 3.02. The highest BCUT2D eigenvalue weighted by atomic mass is 16.5. The van der Waals surface area contributed by atoms with Gasteiger partial charge in [0.1, 0.15) is 0 Å². The van der Waals surface area contributed by atoms with Gasteiger partial charge in [-0.15, -0.1) is 0 Å². The van der Waals surface area contributed by atoms with Gasteiger partial charge in [0, 0.05) is 20.2 Å². The van der Waals surface area contributed by atoms with Crippen molar-refractivity contribution in [2.24, 2.45) is 5.41 Å². The number of benzene rings is 1. The first kappa shape index (κ1) is 14.2. The minimum atomic E-state index is 0.281. The van der Waals surface area contributed by atoms with Crippen LogP contribution >= 0.6 is 0 Å². The molecule has 0 radical (unpaired) electrons. The summed E-state index contributed by atoms with van der Waals surface area (Å²) >= 11 is 0. The molecule has 2 nitrogen and oxygen atoms in total. The summed E-state index contributed by atoms with van der Waals surface area (Å²) in [4.78, 5) is 0. The van der Waals surface area contributed by atoms with E-state index < -0.39 is 0 Å². The number of aryl methyl sites for hydroxylation is 1. The van der Waals surface area contributed by atoms with E-state index in [1.165, 1.54) is 11.1 Å². The topological polar surface area (TPSA) is 21.3 Å². The maximum absolute atomic E-state index is 5.03. The Morgan fingerprint density at radius 1 is 1.18 bits per heavy atom. The van der Waals surface area contributed by atoms with Gasteiger partial charge in [0.25, 0.3) is 0 Å². The Balaban J connectivity index is 2.40. The molecular weight excluding hydrogens is 210 g/mol. The van der Waals surface area contributed by atoms with Gasteiger partial charge in [-0.2, -0.15) is 0 Å². The van der Waals surface area contributed by atoms with E-state index >= 15 is 0 Å². The van der Waals surface area contributed by atoms with E-state index in [4.69, 9.17) is 4.74 Å². The molecule has 1 N–H and O–H groups in total. The zero-order valence-electron chi connectivity index (χ0n) is 11.5. The fourth-order valence-corrected chi connectivity index (χ4v) is 1.92. The fourth-order valence-electron chi connectivity index (χ4n) is 1.92. The van der Waals surface area contributed by atoms with Gasteiger partial charge < -0.3 is 10.1 Å². The lowest BCUT2D eigenvalue weighted by Gasteiger charge is -2.25. The van der Waals surface area contributed by atoms with Gasteiger partial charge in [0.05, 0.1) is 6.61 Å². The standard InChI is InChI=1S/C15H25NO/c1-13-5-7-14(8-6-13)11-15(2,3)12-16-9-10-17-4/h5-8,16H,9-12H2,1-4H3. The molecule has 0 aliphatic heterocycles. The van der Waals surface area contributed by atoms with Crippen LogP contribution in [-0.4, -0.2) is 26.8 Å². The normalized spacial score (nSPS) is 11.8. The van der Waals surface area contributed by atoms with Crippen molar-refractivity contribution in [1.82, 2.24) is 5.32 Å². The van der Waals surface area contributed by atoms with Gasteiger partial charge in [-0.25, -0.2) is 0 Å². The number of ether oxygens (including phenoxy) is 1. The first-order valence-corrected chi connectivity index (χ1v) is 6.29. The van der Waals surface area contributed by atoms with Crippen LogP contribution in [0.1, 0.15) is 25.0 Å². The second-order valence-corrected chi connectivity index (χ2v) is 5.50. The lowest BCUT2D eigenvalue weighted by Crippen LogP contribution is -2.33. The van der Waals surface area contributed by atoms with Crippen LogP contribution < -0.4 is 5.32 Å². The molecule has 0 spiro atoms. The summed E-state index contributed by atoms with van der Waals surface area (Å²) in [5, 5.41) is 3.43. The summed E-state index contributed by atoms with van der Waals surface area (Å²) in [7, 11) is 1.74. The van der Waals surface area contributed by atoms with Crippen molar-refractivity contribution in [2.45, 2.75) is 27.2 Å². The van der Waals surface area contributed by atoms with E-state index in [-0.39, 0.29) is 5.41 Å². The number of hydrogen-bond acceptors (Lipinski definition) is 2. The minimum Gasteiger partial charge on any atom is -0.383 e. The maximum atomic E-state index is 5.03. The molecule has 0 unspecified atom stereocenters. The Kier molecular flexibility index (Phi) is 5.66. The molecule has 0 amide bonds. The molecule has 0 saturated carbocycles. The van der Waals surface area contributed by atoms with E-state index in [1.807, 2.05) is 0 Å². The van der Waals surface area contributed by atoms with E-state index in [9.17, 15) is 0 Å². The molecule has 96 valence electrons. The zero-order valence-corrected chi connectivity index (χ0v) is 11.5. The summed E-state index contributed by atoms with van der Waals surface area (Å²) in [6.45, 7) is 9.44. The molecule has 0 atom stereocenters. The lowest BCUT2D eigenvalue weighted by molar-refractivity contribution is 0.194. The molecular formula is C15H25NO. The summed E-state index contributed by atoms with van der Waals surface area (Å²) < 4.78 is 5.03. The van der Waals surface area contributed by atoms with Crippen molar-refractivity contribution in [3.63, 3.8) is 0 Å². The number of hydrogen-bond donors (Lipinski definition) is 1. The monoisotopic (exact) mass is 235 g/mol. The van der Waals surface area contributed by atoms with Gasteiger partial charge in [-0.05, 0) is 24.3 Å². The molecule has 2 heteroatoms. The molecule has 0 fully saturated rings. The molecule has 0 bridgehead atoms. The maximum Gasteiger partial charge on any atom is 0.0587 e. The fraction of sp³-hybridized carbons (Fsp3) is 0.600. The molecule has 17 heavy (non-hydrogen) atoms. The van der Waals surface area contributed by atoms with Crippen molar-refractivity contribution in [1.29, 1.82) is 0 Å². The van der Waals surface area contributed by atoms with E-state index in [1.54, 1.807) is 7.11 Å². The highest BCUT2D eigenvalue weighted by Crippen LogP contribution is 2.21. The van der Waals surface area contributed by atoms with Crippen molar-refractivity contribution < 1.29 is 4.74 Å². The van der Waals surface area contributed by atoms with Crippen LogP contribution in [0.15, 0.2) is 24.3 Å².